The van der Waals surface area contributed by atoms with Gasteiger partial charge in [0.2, 0.25) is 5.75 Å². The number of nitrogens with zero attached hydrogens (tertiary/aromatic N) is 3. The number of aromatic nitrogens is 4. The fraction of sp³-hybridized carbons (Fsp3) is 0. The Labute approximate surface area is 324 Å². The first-order valence-corrected chi connectivity index (χ1v) is 16.8. The van der Waals surface area contributed by atoms with Crippen LogP contribution in [0.4, 0.5) is 0 Å². The van der Waals surface area contributed by atoms with Gasteiger partial charge in [0.05, 0.1) is 17.1 Å². The van der Waals surface area contributed by atoms with Crippen molar-refractivity contribution in [2.75, 3.05) is 0 Å². The Morgan fingerprint density at radius 1 is 0.434 bits per heavy atom. The number of nitrogens with one attached hydrogen (secondary N) is 1. The number of rotatable bonds is 8. The van der Waals surface area contributed by atoms with Gasteiger partial charge >= 0.3 is 0 Å². The molecular formula is C44H30HfN4O4. The van der Waals surface area contributed by atoms with Crippen LogP contribution in [0.2, 0.25) is 0 Å². The van der Waals surface area contributed by atoms with E-state index in [0.717, 1.165) is 22.4 Å². The van der Waals surface area contributed by atoms with Crippen molar-refractivity contribution >= 4 is 46.4 Å². The molecule has 9 heteroatoms. The SMILES string of the molecule is C1=Cc2cc3c(Oc4ccccc4)c(Oc4ccccc4)c(c(Oc4ccccc4)c4nc(cc5ccc(cc1n2)[nH]5)C=C4)n3Oc1ccccc1.[Hf]. The van der Waals surface area contributed by atoms with E-state index in [-0.39, 0.29) is 25.8 Å². The minimum atomic E-state index is 0. The van der Waals surface area contributed by atoms with Gasteiger partial charge in [-0.3, -0.25) is 0 Å². The molecule has 5 heterocycles. The molecule has 8 bridgehead atoms. The van der Waals surface area contributed by atoms with Crippen molar-refractivity contribution in [2.24, 2.45) is 0 Å². The van der Waals surface area contributed by atoms with Crippen molar-refractivity contribution < 1.29 is 44.9 Å². The molecule has 0 saturated carbocycles. The molecule has 53 heavy (non-hydrogen) atoms. The minimum absolute atomic E-state index is 0. The van der Waals surface area contributed by atoms with Gasteiger partial charge in [-0.1, -0.05) is 72.8 Å². The predicted octanol–water partition coefficient (Wildman–Crippen LogP) is 11.3. The summed E-state index contributed by atoms with van der Waals surface area (Å²) in [6.07, 6.45) is 7.81. The Morgan fingerprint density at radius 3 is 1.45 bits per heavy atom. The van der Waals surface area contributed by atoms with Crippen molar-refractivity contribution in [1.82, 2.24) is 19.7 Å². The first-order chi connectivity index (χ1) is 25.7. The van der Waals surface area contributed by atoms with Gasteiger partial charge in [-0.15, -0.1) is 0 Å². The van der Waals surface area contributed by atoms with E-state index in [1.165, 1.54) is 0 Å². The van der Waals surface area contributed by atoms with E-state index in [1.54, 1.807) is 4.73 Å². The van der Waals surface area contributed by atoms with Gasteiger partial charge in [0.15, 0.2) is 22.8 Å². The Kier molecular flexibility index (Phi) is 9.55. The van der Waals surface area contributed by atoms with Crippen molar-refractivity contribution in [1.29, 1.82) is 0 Å². The molecule has 0 atom stereocenters. The number of hydrogen-bond donors (Lipinski definition) is 1. The molecule has 0 radical (unpaired) electrons. The standard InChI is InChI=1S/C44H30N4O4.Hf/c1-5-13-35(14-6-1)49-42-39-26-25-33(47-39)28-32-22-21-30(45-32)27-31-23-24-34(46-31)29-40-43(50-36-15-7-2-8-16-36)44(51-37-17-9-3-10-18-37)41(42)48(40)52-38-19-11-4-12-20-38;/h1-29,45H;. The van der Waals surface area contributed by atoms with Gasteiger partial charge in [-0.05, 0) is 103 Å². The normalized spacial score (nSPS) is 11.5. The molecule has 7 aromatic rings. The largest absolute Gasteiger partial charge is 0.453 e. The summed E-state index contributed by atoms with van der Waals surface area (Å²) >= 11 is 0. The number of ether oxygens (including phenoxy) is 3. The summed E-state index contributed by atoms with van der Waals surface area (Å²) < 4.78 is 22.2. The summed E-state index contributed by atoms with van der Waals surface area (Å²) in [5.74, 6) is 3.49. The Bertz CT molecular complexity index is 2620. The van der Waals surface area contributed by atoms with Crippen molar-refractivity contribution in [3.05, 3.63) is 174 Å². The maximum atomic E-state index is 6.85. The third-order valence-corrected chi connectivity index (χ3v) is 8.32. The first-order valence-electron chi connectivity index (χ1n) is 16.8. The average molecular weight is 857 g/mol. The maximum absolute atomic E-state index is 6.85. The number of hydrogen-bond acceptors (Lipinski definition) is 6. The zero-order chi connectivity index (χ0) is 34.7. The number of fused-ring (bicyclic) bond motifs is 8. The van der Waals surface area contributed by atoms with Crippen molar-refractivity contribution in [2.45, 2.75) is 0 Å². The van der Waals surface area contributed by atoms with Crippen LogP contribution in [0, 0.1) is 0 Å². The molecule has 0 fully saturated rings. The second-order valence-corrected chi connectivity index (χ2v) is 12.0. The van der Waals surface area contributed by atoms with Gasteiger partial charge in [0.1, 0.15) is 28.5 Å². The molecule has 3 aromatic heterocycles. The summed E-state index contributed by atoms with van der Waals surface area (Å²) in [4.78, 5) is 20.3. The van der Waals surface area contributed by atoms with Crippen LogP contribution in [0.3, 0.4) is 0 Å². The number of aromatic amines is 1. The van der Waals surface area contributed by atoms with E-state index in [4.69, 9.17) is 29.0 Å². The quantitative estimate of drug-likeness (QED) is 0.153. The van der Waals surface area contributed by atoms with Crippen LogP contribution in [-0.2, 0) is 25.8 Å². The van der Waals surface area contributed by atoms with Crippen LogP contribution in [-0.4, -0.2) is 19.7 Å². The Balaban J connectivity index is 0.00000400. The van der Waals surface area contributed by atoms with Gasteiger partial charge in [-0.25, -0.2) is 9.97 Å². The van der Waals surface area contributed by atoms with Crippen LogP contribution in [0.1, 0.15) is 22.8 Å². The summed E-state index contributed by atoms with van der Waals surface area (Å²) in [6, 6.07) is 48.2. The zero-order valence-corrected chi connectivity index (χ0v) is 31.8. The molecule has 0 spiro atoms. The van der Waals surface area contributed by atoms with Gasteiger partial charge in [-0.2, -0.15) is 4.73 Å². The van der Waals surface area contributed by atoms with Crippen LogP contribution >= 0.6 is 0 Å². The monoisotopic (exact) mass is 858 g/mol. The van der Waals surface area contributed by atoms with Crippen LogP contribution < -0.4 is 19.0 Å². The van der Waals surface area contributed by atoms with Gasteiger partial charge < -0.3 is 24.0 Å². The second-order valence-electron chi connectivity index (χ2n) is 12.0. The van der Waals surface area contributed by atoms with E-state index >= 15 is 0 Å². The predicted molar refractivity (Wildman–Crippen MR) is 205 cm³/mol. The zero-order valence-electron chi connectivity index (χ0n) is 28.2. The molecule has 0 saturated heterocycles. The molecule has 2 aliphatic rings. The summed E-state index contributed by atoms with van der Waals surface area (Å²) in [7, 11) is 0. The number of para-hydroxylation sites is 4. The van der Waals surface area contributed by atoms with E-state index in [9.17, 15) is 0 Å². The number of H-pyrrole nitrogens is 1. The van der Waals surface area contributed by atoms with E-state index in [0.29, 0.717) is 62.7 Å². The van der Waals surface area contributed by atoms with E-state index in [2.05, 4.69) is 4.98 Å². The molecule has 1 N–H and O–H groups in total. The van der Waals surface area contributed by atoms with Crippen LogP contribution in [0.15, 0.2) is 152 Å². The van der Waals surface area contributed by atoms with E-state index < -0.39 is 0 Å². The molecule has 4 aromatic carbocycles. The molecule has 254 valence electrons. The molecule has 0 amide bonds. The third kappa shape index (κ3) is 7.33. The van der Waals surface area contributed by atoms with Crippen molar-refractivity contribution in [3.63, 3.8) is 0 Å². The van der Waals surface area contributed by atoms with Crippen LogP contribution in [0.5, 0.6) is 40.2 Å². The molecule has 9 rings (SSSR count). The fourth-order valence-electron chi connectivity index (χ4n) is 5.96. The van der Waals surface area contributed by atoms with Gasteiger partial charge in [0.25, 0.3) is 0 Å². The molecular weight excluding hydrogens is 827 g/mol. The van der Waals surface area contributed by atoms with Gasteiger partial charge in [0, 0.05) is 36.9 Å². The van der Waals surface area contributed by atoms with Crippen LogP contribution in [0.25, 0.3) is 46.4 Å². The third-order valence-electron chi connectivity index (χ3n) is 8.32. The molecule has 0 unspecified atom stereocenters. The van der Waals surface area contributed by atoms with E-state index in [1.807, 2.05) is 176 Å². The topological polar surface area (TPSA) is 83.4 Å². The summed E-state index contributed by atoms with van der Waals surface area (Å²) in [5, 5.41) is 0. The fourth-order valence-corrected chi connectivity index (χ4v) is 5.96. The number of benzene rings is 4. The summed E-state index contributed by atoms with van der Waals surface area (Å²) in [6.45, 7) is 0. The average Bonchev–Trinajstić information content (AvgIpc) is 3.99. The molecule has 8 nitrogen and oxygen atoms in total. The molecule has 2 aliphatic heterocycles. The smallest absolute Gasteiger partial charge is 0.203 e. The first kappa shape index (κ1) is 33.7. The van der Waals surface area contributed by atoms with Crippen molar-refractivity contribution in [3.8, 4) is 40.2 Å². The second kappa shape index (κ2) is 15.0. The summed E-state index contributed by atoms with van der Waals surface area (Å²) in [5.41, 5.74) is 5.54. The minimum Gasteiger partial charge on any atom is -0.453 e. The Morgan fingerprint density at radius 2 is 0.887 bits per heavy atom. The molecule has 0 aliphatic carbocycles. The maximum Gasteiger partial charge on any atom is 0.203 e. The Hall–Kier alpha value is -6.45.